The van der Waals surface area contributed by atoms with Gasteiger partial charge in [0.15, 0.2) is 12.4 Å². The van der Waals surface area contributed by atoms with Crippen LogP contribution in [0.5, 0.6) is 0 Å². The predicted molar refractivity (Wildman–Crippen MR) is 122 cm³/mol. The Morgan fingerprint density at radius 2 is 1.41 bits per heavy atom. The molecule has 2 amide bonds. The predicted octanol–water partition coefficient (Wildman–Crippen LogP) is 3.08. The summed E-state index contributed by atoms with van der Waals surface area (Å²) in [6.45, 7) is -0.436. The van der Waals surface area contributed by atoms with E-state index in [1.165, 1.54) is 0 Å². The number of carbonyl (C=O) groups excluding carboxylic acids is 4. The fourth-order valence-corrected chi connectivity index (χ4v) is 6.34. The van der Waals surface area contributed by atoms with E-state index >= 15 is 0 Å². The monoisotopic (exact) mass is 455 g/mol. The number of esters is 1. The van der Waals surface area contributed by atoms with Crippen LogP contribution in [-0.4, -0.2) is 41.1 Å². The molecule has 0 spiro atoms. The van der Waals surface area contributed by atoms with Crippen LogP contribution in [0.25, 0.3) is 0 Å². The average molecular weight is 456 g/mol. The molecule has 0 unspecified atom stereocenters. The average Bonchev–Trinajstić information content (AvgIpc) is 3.65. The van der Waals surface area contributed by atoms with Crippen LogP contribution in [0.15, 0.2) is 72.8 Å². The van der Waals surface area contributed by atoms with Crippen LogP contribution >= 0.6 is 0 Å². The molecule has 7 rings (SSSR count). The number of allylic oxidation sites excluding steroid dienone is 2. The van der Waals surface area contributed by atoms with Gasteiger partial charge in [0.05, 0.1) is 11.8 Å². The maximum Gasteiger partial charge on any atom is 0.330 e. The number of imide groups is 1. The zero-order chi connectivity index (χ0) is 23.4. The lowest BCUT2D eigenvalue weighted by atomic mass is 9.63. The molecule has 0 radical (unpaired) electrons. The Hall–Kier alpha value is -3.54. The van der Waals surface area contributed by atoms with Crippen molar-refractivity contribution >= 4 is 23.6 Å². The van der Waals surface area contributed by atoms with E-state index in [0.29, 0.717) is 17.4 Å². The number of nitrogens with zero attached hydrogens (tertiary/aromatic N) is 1. The van der Waals surface area contributed by atoms with Crippen LogP contribution in [-0.2, 0) is 25.5 Å². The Kier molecular flexibility index (Phi) is 4.97. The van der Waals surface area contributed by atoms with E-state index < -0.39 is 18.6 Å². The first kappa shape index (κ1) is 21.0. The SMILES string of the molecule is O=C(COC(=O)[C@H](Cc1ccccc1)N1C(=O)[C@@H]2[C@H]3C=C[C@@H]([C@@H]4C[C@H]34)[C@H]2C1=O)c1ccccc1. The molecular formula is C28H25NO5. The second kappa shape index (κ2) is 8.05. The molecule has 5 aliphatic rings. The molecule has 6 nitrogen and oxygen atoms in total. The first-order valence-corrected chi connectivity index (χ1v) is 11.9. The third-order valence-electron chi connectivity index (χ3n) is 7.99. The summed E-state index contributed by atoms with van der Waals surface area (Å²) in [7, 11) is 0. The Labute approximate surface area is 197 Å². The van der Waals surface area contributed by atoms with Crippen molar-refractivity contribution in [2.45, 2.75) is 18.9 Å². The van der Waals surface area contributed by atoms with Crippen molar-refractivity contribution in [2.24, 2.45) is 35.5 Å². The van der Waals surface area contributed by atoms with Crippen molar-refractivity contribution in [1.82, 2.24) is 4.90 Å². The third kappa shape index (κ3) is 3.31. The van der Waals surface area contributed by atoms with Gasteiger partial charge in [0.1, 0.15) is 6.04 Å². The van der Waals surface area contributed by atoms with Gasteiger partial charge in [-0.25, -0.2) is 4.79 Å². The van der Waals surface area contributed by atoms with Crippen LogP contribution in [0.4, 0.5) is 0 Å². The second-order valence-corrected chi connectivity index (χ2v) is 9.80. The molecule has 6 heteroatoms. The maximum atomic E-state index is 13.6. The molecule has 4 aliphatic carbocycles. The zero-order valence-electron chi connectivity index (χ0n) is 18.6. The summed E-state index contributed by atoms with van der Waals surface area (Å²) < 4.78 is 5.40. The van der Waals surface area contributed by atoms with Gasteiger partial charge in [0.25, 0.3) is 0 Å². The molecule has 0 aromatic heterocycles. The van der Waals surface area contributed by atoms with E-state index in [2.05, 4.69) is 12.2 Å². The summed E-state index contributed by atoms with van der Waals surface area (Å²) in [5.74, 6) is -1.25. The van der Waals surface area contributed by atoms with E-state index in [-0.39, 0.29) is 47.7 Å². The first-order chi connectivity index (χ1) is 16.5. The molecule has 1 saturated heterocycles. The van der Waals surface area contributed by atoms with Crippen LogP contribution in [0.1, 0.15) is 22.3 Å². The number of rotatable bonds is 7. The number of ketones is 1. The summed E-state index contributed by atoms with van der Waals surface area (Å²) in [5, 5.41) is 0. The standard InChI is InChI=1S/C28H25NO5/c30-23(17-9-5-2-6-10-17)15-34-28(33)22(13-16-7-3-1-4-8-16)29-26(31)24-18-11-12-19(21-14-20(18)21)25(24)27(29)32/h1-12,18-22,24-25H,13-15H2/t18-,19-,20-,21+,22-,24+,25+/m0/s1. The lowest BCUT2D eigenvalue weighted by molar-refractivity contribution is -0.158. The topological polar surface area (TPSA) is 80.8 Å². The summed E-state index contributed by atoms with van der Waals surface area (Å²) in [5.41, 5.74) is 1.26. The Balaban J connectivity index is 1.26. The van der Waals surface area contributed by atoms with Crippen LogP contribution in [0, 0.1) is 35.5 Å². The van der Waals surface area contributed by atoms with Crippen LogP contribution in [0.3, 0.4) is 0 Å². The first-order valence-electron chi connectivity index (χ1n) is 11.9. The van der Waals surface area contributed by atoms with Crippen molar-refractivity contribution in [3.05, 3.63) is 83.9 Å². The minimum atomic E-state index is -1.09. The minimum Gasteiger partial charge on any atom is -0.456 e. The van der Waals surface area contributed by atoms with Gasteiger partial charge >= 0.3 is 5.97 Å². The fourth-order valence-electron chi connectivity index (χ4n) is 6.34. The molecule has 2 aromatic carbocycles. The Bertz CT molecular complexity index is 1150. The van der Waals surface area contributed by atoms with E-state index in [1.54, 1.807) is 30.3 Å². The Morgan fingerprint density at radius 1 is 0.853 bits per heavy atom. The van der Waals surface area contributed by atoms with Gasteiger partial charge in [-0.05, 0) is 35.7 Å². The number of benzene rings is 2. The molecule has 2 saturated carbocycles. The van der Waals surface area contributed by atoms with Gasteiger partial charge in [0.2, 0.25) is 11.8 Å². The van der Waals surface area contributed by atoms with Crippen molar-refractivity contribution < 1.29 is 23.9 Å². The molecule has 2 aromatic rings. The van der Waals surface area contributed by atoms with Gasteiger partial charge in [-0.1, -0.05) is 72.8 Å². The summed E-state index contributed by atoms with van der Waals surface area (Å²) in [4.78, 5) is 54.1. The highest BCUT2D eigenvalue weighted by Crippen LogP contribution is 2.65. The highest BCUT2D eigenvalue weighted by molar-refractivity contribution is 6.09. The molecule has 1 aliphatic heterocycles. The van der Waals surface area contributed by atoms with Gasteiger partial charge in [-0.2, -0.15) is 0 Å². The number of likely N-dealkylation sites (tertiary alicyclic amines) is 1. The number of Topliss-reactive ketones (excluding diaryl/α,β-unsaturated/α-hetero) is 1. The van der Waals surface area contributed by atoms with E-state index in [9.17, 15) is 19.2 Å². The maximum absolute atomic E-state index is 13.6. The summed E-state index contributed by atoms with van der Waals surface area (Å²) in [6, 6.07) is 16.8. The quantitative estimate of drug-likeness (QED) is 0.277. The molecule has 3 fully saturated rings. The Morgan fingerprint density at radius 3 is 2.00 bits per heavy atom. The lowest BCUT2D eigenvalue weighted by Crippen LogP contribution is -2.48. The molecule has 34 heavy (non-hydrogen) atoms. The molecular weight excluding hydrogens is 430 g/mol. The molecule has 1 heterocycles. The van der Waals surface area contributed by atoms with Gasteiger partial charge in [-0.3, -0.25) is 19.3 Å². The molecule has 0 N–H and O–H groups in total. The summed E-state index contributed by atoms with van der Waals surface area (Å²) >= 11 is 0. The van der Waals surface area contributed by atoms with Crippen LogP contribution < -0.4 is 0 Å². The molecule has 7 atom stereocenters. The number of amides is 2. The number of ether oxygens (including phenoxy) is 1. The number of hydrogen-bond acceptors (Lipinski definition) is 5. The van der Waals surface area contributed by atoms with Gasteiger partial charge in [-0.15, -0.1) is 0 Å². The molecule has 172 valence electrons. The highest BCUT2D eigenvalue weighted by atomic mass is 16.5. The minimum absolute atomic E-state index is 0.0782. The van der Waals surface area contributed by atoms with Gasteiger partial charge < -0.3 is 4.74 Å². The summed E-state index contributed by atoms with van der Waals surface area (Å²) in [6.07, 6.45) is 5.45. The third-order valence-corrected chi connectivity index (χ3v) is 7.99. The van der Waals surface area contributed by atoms with E-state index in [0.717, 1.165) is 16.9 Å². The normalized spacial score (nSPS) is 31.1. The fraction of sp³-hybridized carbons (Fsp3) is 0.357. The lowest BCUT2D eigenvalue weighted by Gasteiger charge is -2.37. The zero-order valence-corrected chi connectivity index (χ0v) is 18.6. The van der Waals surface area contributed by atoms with E-state index in [1.807, 2.05) is 30.3 Å². The second-order valence-electron chi connectivity index (χ2n) is 9.80. The van der Waals surface area contributed by atoms with Crippen molar-refractivity contribution in [3.8, 4) is 0 Å². The largest absolute Gasteiger partial charge is 0.456 e. The molecule has 2 bridgehead atoms. The van der Waals surface area contributed by atoms with Gasteiger partial charge in [0, 0.05) is 12.0 Å². The van der Waals surface area contributed by atoms with Crippen molar-refractivity contribution in [3.63, 3.8) is 0 Å². The van der Waals surface area contributed by atoms with Crippen molar-refractivity contribution in [1.29, 1.82) is 0 Å². The highest BCUT2D eigenvalue weighted by Gasteiger charge is 2.68. The number of hydrogen-bond donors (Lipinski definition) is 0. The van der Waals surface area contributed by atoms with Crippen molar-refractivity contribution in [2.75, 3.05) is 6.61 Å². The van der Waals surface area contributed by atoms with Crippen LogP contribution in [0.2, 0.25) is 0 Å². The number of carbonyl (C=O) groups is 4. The smallest absolute Gasteiger partial charge is 0.330 e. The van der Waals surface area contributed by atoms with E-state index in [4.69, 9.17) is 4.74 Å².